The Kier molecular flexibility index (Phi) is 8.68. The molecule has 1 heterocycles. The molecular weight excluding hydrogens is 401 g/mol. The molecule has 1 aliphatic heterocycles. The molecule has 0 radical (unpaired) electrons. The van der Waals surface area contributed by atoms with Gasteiger partial charge >= 0.3 is 13.8 Å². The van der Waals surface area contributed by atoms with Gasteiger partial charge in [0.1, 0.15) is 0 Å². The third-order valence-corrected chi connectivity index (χ3v) is 6.21. The zero-order valence-corrected chi connectivity index (χ0v) is 19.0. The molecule has 29 heavy (non-hydrogen) atoms. The van der Waals surface area contributed by atoms with Crippen LogP contribution < -0.4 is 10.6 Å². The molecule has 170 valence electrons. The highest BCUT2D eigenvalue weighted by Crippen LogP contribution is 2.47. The standard InChI is InChI=1S/C19H36NO8P/c1-10(2)24-9-14-15(7-12(5)17(14)20)27-29(22,23)28-19(21)18-16(25-11(3)4)8-13(6)26-18/h10-18H,7-9,20H2,1-6H3,(H,22,23)/p-1/t12-,13-,14+,15+,16+,17?,18-/m0/s1. The van der Waals surface area contributed by atoms with Crippen molar-refractivity contribution in [1.29, 1.82) is 0 Å². The van der Waals surface area contributed by atoms with Crippen molar-refractivity contribution in [2.75, 3.05) is 6.61 Å². The van der Waals surface area contributed by atoms with Crippen molar-refractivity contribution < 1.29 is 37.5 Å². The van der Waals surface area contributed by atoms with E-state index in [1.165, 1.54) is 0 Å². The first-order valence-electron chi connectivity index (χ1n) is 10.3. The van der Waals surface area contributed by atoms with Crippen molar-refractivity contribution in [2.45, 2.75) is 97.0 Å². The highest BCUT2D eigenvalue weighted by atomic mass is 31.2. The topological polar surface area (TPSA) is 129 Å². The van der Waals surface area contributed by atoms with Gasteiger partial charge < -0.3 is 33.9 Å². The molecule has 2 unspecified atom stereocenters. The third kappa shape index (κ3) is 6.99. The van der Waals surface area contributed by atoms with E-state index in [-0.39, 0.29) is 42.8 Å². The van der Waals surface area contributed by atoms with E-state index < -0.39 is 32.1 Å². The fourth-order valence-corrected chi connectivity index (χ4v) is 4.83. The van der Waals surface area contributed by atoms with E-state index in [4.69, 9.17) is 29.0 Å². The maximum atomic E-state index is 12.5. The molecule has 2 aliphatic rings. The number of ether oxygens (including phenoxy) is 3. The molecule has 10 heteroatoms. The average molecular weight is 436 g/mol. The van der Waals surface area contributed by atoms with Crippen molar-refractivity contribution in [3.05, 3.63) is 0 Å². The first-order valence-corrected chi connectivity index (χ1v) is 11.8. The van der Waals surface area contributed by atoms with Crippen LogP contribution in [0.2, 0.25) is 0 Å². The summed E-state index contributed by atoms with van der Waals surface area (Å²) in [6, 6.07) is -0.266. The number of phosphoric acid groups is 1. The largest absolute Gasteiger partial charge is 0.746 e. The van der Waals surface area contributed by atoms with Crippen LogP contribution in [0.1, 0.15) is 54.4 Å². The summed E-state index contributed by atoms with van der Waals surface area (Å²) < 4.78 is 39.3. The van der Waals surface area contributed by atoms with Crippen LogP contribution in [0.3, 0.4) is 0 Å². The van der Waals surface area contributed by atoms with E-state index in [0.29, 0.717) is 12.8 Å². The molecule has 9 nitrogen and oxygen atoms in total. The lowest BCUT2D eigenvalue weighted by Gasteiger charge is -2.31. The predicted molar refractivity (Wildman–Crippen MR) is 104 cm³/mol. The minimum atomic E-state index is -4.91. The van der Waals surface area contributed by atoms with Gasteiger partial charge in [-0.15, -0.1) is 0 Å². The monoisotopic (exact) mass is 436 g/mol. The molecule has 2 N–H and O–H groups in total. The smallest absolute Gasteiger partial charge is 0.343 e. The summed E-state index contributed by atoms with van der Waals surface area (Å²) in [5, 5.41) is 0. The third-order valence-electron chi connectivity index (χ3n) is 5.28. The summed E-state index contributed by atoms with van der Waals surface area (Å²) >= 11 is 0. The van der Waals surface area contributed by atoms with E-state index in [9.17, 15) is 14.3 Å². The highest BCUT2D eigenvalue weighted by Gasteiger charge is 2.44. The van der Waals surface area contributed by atoms with Crippen molar-refractivity contribution in [3.63, 3.8) is 0 Å². The minimum absolute atomic E-state index is 0.0185. The molecule has 0 spiro atoms. The van der Waals surface area contributed by atoms with Gasteiger partial charge in [-0.25, -0.2) is 4.79 Å². The molecule has 0 aromatic carbocycles. The van der Waals surface area contributed by atoms with Crippen LogP contribution in [0.25, 0.3) is 0 Å². The van der Waals surface area contributed by atoms with E-state index in [0.717, 1.165) is 0 Å². The molecule has 1 saturated carbocycles. The summed E-state index contributed by atoms with van der Waals surface area (Å²) in [7, 11) is -4.91. The van der Waals surface area contributed by atoms with E-state index >= 15 is 0 Å². The number of nitrogens with two attached hydrogens (primary N) is 1. The van der Waals surface area contributed by atoms with Crippen LogP contribution in [0.15, 0.2) is 0 Å². The first kappa shape index (κ1) is 24.7. The number of carbonyl (C=O) groups excluding carboxylic acids is 1. The fourth-order valence-electron chi connectivity index (χ4n) is 3.89. The summed E-state index contributed by atoms with van der Waals surface area (Å²) in [4.78, 5) is 24.9. The Hall–Kier alpha value is -0.540. The van der Waals surface area contributed by atoms with Crippen LogP contribution in [-0.2, 0) is 32.6 Å². The SMILES string of the molecule is CC(C)OC[C@H]1C(N)[C@@H](C)C[C@H]1OP(=O)([O-])OC(=O)[C@H]1O[C@@H](C)C[C@H]1OC(C)C. The molecule has 1 saturated heterocycles. The number of hydrogen-bond acceptors (Lipinski definition) is 9. The Morgan fingerprint density at radius 1 is 1.17 bits per heavy atom. The molecular formula is C19H35NO8P-. The normalized spacial score (nSPS) is 37.2. The summed E-state index contributed by atoms with van der Waals surface area (Å²) in [6.07, 6.45) is -1.86. The van der Waals surface area contributed by atoms with Gasteiger partial charge in [0.2, 0.25) is 0 Å². The van der Waals surface area contributed by atoms with Gasteiger partial charge in [0.15, 0.2) is 6.10 Å². The first-order chi connectivity index (χ1) is 13.4. The number of phosphoric ester groups is 1. The van der Waals surface area contributed by atoms with E-state index in [1.54, 1.807) is 6.92 Å². The molecule has 1 aliphatic carbocycles. The van der Waals surface area contributed by atoms with Crippen molar-refractivity contribution in [1.82, 2.24) is 0 Å². The Bertz CT molecular complexity index is 601. The van der Waals surface area contributed by atoms with Crippen LogP contribution in [-0.4, -0.2) is 55.2 Å². The summed E-state index contributed by atoms with van der Waals surface area (Å²) in [6.45, 7) is 11.4. The zero-order chi connectivity index (χ0) is 21.9. The van der Waals surface area contributed by atoms with Crippen molar-refractivity contribution in [3.8, 4) is 0 Å². The number of carbonyl (C=O) groups is 1. The number of rotatable bonds is 9. The molecule has 0 aromatic heterocycles. The minimum Gasteiger partial charge on any atom is -0.746 e. The number of hydrogen-bond donors (Lipinski definition) is 1. The van der Waals surface area contributed by atoms with Gasteiger partial charge in [-0.1, -0.05) is 6.92 Å². The van der Waals surface area contributed by atoms with E-state index in [2.05, 4.69) is 0 Å². The molecule has 0 aromatic rings. The van der Waals surface area contributed by atoms with E-state index in [1.807, 2.05) is 34.6 Å². The lowest BCUT2D eigenvalue weighted by Crippen LogP contribution is -2.38. The lowest BCUT2D eigenvalue weighted by molar-refractivity contribution is -0.232. The van der Waals surface area contributed by atoms with Gasteiger partial charge in [-0.05, 0) is 47.0 Å². The highest BCUT2D eigenvalue weighted by molar-refractivity contribution is 7.46. The van der Waals surface area contributed by atoms with Gasteiger partial charge in [-0.3, -0.25) is 4.57 Å². The van der Waals surface area contributed by atoms with Crippen LogP contribution >= 0.6 is 7.82 Å². The second-order valence-corrected chi connectivity index (χ2v) is 9.95. The average Bonchev–Trinajstić information content (AvgIpc) is 3.04. The van der Waals surface area contributed by atoms with Gasteiger partial charge in [0.25, 0.3) is 0 Å². The quantitative estimate of drug-likeness (QED) is 0.537. The van der Waals surface area contributed by atoms with Crippen molar-refractivity contribution >= 4 is 13.8 Å². The van der Waals surface area contributed by atoms with Crippen LogP contribution in [0.4, 0.5) is 0 Å². The molecule has 8 atom stereocenters. The fraction of sp³-hybridized carbons (Fsp3) is 0.947. The Labute approximate surface area is 173 Å². The molecule has 0 amide bonds. The Morgan fingerprint density at radius 2 is 1.83 bits per heavy atom. The lowest BCUT2D eigenvalue weighted by atomic mass is 10.0. The Balaban J connectivity index is 2.00. The zero-order valence-electron chi connectivity index (χ0n) is 18.1. The molecule has 2 fully saturated rings. The molecule has 0 bridgehead atoms. The van der Waals surface area contributed by atoms with Crippen LogP contribution in [0.5, 0.6) is 0 Å². The van der Waals surface area contributed by atoms with Gasteiger partial charge in [-0.2, -0.15) is 0 Å². The second kappa shape index (κ2) is 10.2. The molecule has 2 rings (SSSR count). The predicted octanol–water partition coefficient (Wildman–Crippen LogP) is 1.76. The summed E-state index contributed by atoms with van der Waals surface area (Å²) in [5.41, 5.74) is 6.20. The van der Waals surface area contributed by atoms with Gasteiger partial charge in [0, 0.05) is 18.4 Å². The maximum Gasteiger partial charge on any atom is 0.343 e. The van der Waals surface area contributed by atoms with Gasteiger partial charge in [0.05, 0.1) is 37.1 Å². The van der Waals surface area contributed by atoms with Crippen molar-refractivity contribution in [2.24, 2.45) is 17.6 Å². The van der Waals surface area contributed by atoms with Crippen LogP contribution in [0, 0.1) is 11.8 Å². The Morgan fingerprint density at radius 3 is 2.41 bits per heavy atom. The maximum absolute atomic E-state index is 12.5. The second-order valence-electron chi connectivity index (χ2n) is 8.66. The summed E-state index contributed by atoms with van der Waals surface area (Å²) in [5.74, 6) is -1.28.